The van der Waals surface area contributed by atoms with Gasteiger partial charge in [-0.1, -0.05) is 23.7 Å². The second-order valence-corrected chi connectivity index (χ2v) is 9.86. The van der Waals surface area contributed by atoms with Crippen LogP contribution in [-0.2, 0) is 9.59 Å². The zero-order valence-electron chi connectivity index (χ0n) is 18.7. The molecule has 2 aromatic rings. The van der Waals surface area contributed by atoms with E-state index in [1.807, 2.05) is 4.90 Å². The van der Waals surface area contributed by atoms with Gasteiger partial charge in [-0.2, -0.15) is 0 Å². The van der Waals surface area contributed by atoms with Gasteiger partial charge in [0.15, 0.2) is 0 Å². The Morgan fingerprint density at radius 1 is 1.12 bits per heavy atom. The maximum Gasteiger partial charge on any atom is 0.237 e. The molecule has 33 heavy (non-hydrogen) atoms. The molecule has 0 aliphatic carbocycles. The summed E-state index contributed by atoms with van der Waals surface area (Å²) in [5, 5.41) is 12.6. The number of aromatic hydroxyl groups is 1. The molecule has 3 aliphatic rings. The molecule has 2 amide bonds. The number of phenols is 1. The first-order valence-electron chi connectivity index (χ1n) is 11.5. The lowest BCUT2D eigenvalue weighted by molar-refractivity contribution is -0.133. The quantitative estimate of drug-likeness (QED) is 0.659. The molecule has 0 unspecified atom stereocenters. The highest BCUT2D eigenvalue weighted by molar-refractivity contribution is 6.32. The number of fused-ring (bicyclic) bond motifs is 2. The predicted molar refractivity (Wildman–Crippen MR) is 129 cm³/mol. The van der Waals surface area contributed by atoms with Gasteiger partial charge in [0, 0.05) is 37.1 Å². The van der Waals surface area contributed by atoms with Crippen LogP contribution in [0.4, 0.5) is 11.4 Å². The van der Waals surface area contributed by atoms with Crippen molar-refractivity contribution in [2.45, 2.75) is 31.8 Å². The number of rotatable bonds is 5. The summed E-state index contributed by atoms with van der Waals surface area (Å²) in [4.78, 5) is 32.3. The summed E-state index contributed by atoms with van der Waals surface area (Å²) < 4.78 is 0. The molecule has 3 heterocycles. The van der Waals surface area contributed by atoms with E-state index < -0.39 is 0 Å². The average molecular weight is 469 g/mol. The number of hydrogen-bond acceptors (Lipinski definition) is 5. The van der Waals surface area contributed by atoms with Gasteiger partial charge in [0.1, 0.15) is 5.75 Å². The normalized spacial score (nSPS) is 24.5. The van der Waals surface area contributed by atoms with E-state index in [4.69, 9.17) is 11.6 Å². The third-order valence-electron chi connectivity index (χ3n) is 7.11. The molecule has 0 saturated carbocycles. The summed E-state index contributed by atoms with van der Waals surface area (Å²) in [6, 6.07) is 13.8. The van der Waals surface area contributed by atoms with Crippen LogP contribution >= 0.6 is 11.6 Å². The van der Waals surface area contributed by atoms with Gasteiger partial charge in [-0.05, 0) is 62.2 Å². The van der Waals surface area contributed by atoms with Gasteiger partial charge in [-0.3, -0.25) is 14.5 Å². The summed E-state index contributed by atoms with van der Waals surface area (Å²) in [6.07, 6.45) is 1.75. The molecule has 0 radical (unpaired) electrons. The number of aryl methyl sites for hydroxylation is 1. The van der Waals surface area contributed by atoms with Crippen LogP contribution in [0, 0.1) is 12.8 Å². The predicted octanol–water partition coefficient (Wildman–Crippen LogP) is 3.10. The van der Waals surface area contributed by atoms with Crippen molar-refractivity contribution in [1.82, 2.24) is 9.80 Å². The number of carbonyl (C=O) groups is 2. The van der Waals surface area contributed by atoms with E-state index in [0.29, 0.717) is 24.8 Å². The summed E-state index contributed by atoms with van der Waals surface area (Å²) in [7, 11) is 0. The molecule has 2 bridgehead atoms. The van der Waals surface area contributed by atoms with Crippen molar-refractivity contribution in [2.24, 2.45) is 5.92 Å². The molecule has 0 aromatic heterocycles. The van der Waals surface area contributed by atoms with E-state index in [2.05, 4.69) is 46.3 Å². The molecule has 2 N–H and O–H groups in total. The van der Waals surface area contributed by atoms with Gasteiger partial charge in [-0.15, -0.1) is 0 Å². The van der Waals surface area contributed by atoms with E-state index in [-0.39, 0.29) is 34.5 Å². The minimum absolute atomic E-state index is 0.0159. The first-order valence-corrected chi connectivity index (χ1v) is 11.9. The summed E-state index contributed by atoms with van der Waals surface area (Å²) >= 11 is 5.92. The second-order valence-electron chi connectivity index (χ2n) is 9.46. The molecular formula is C25H29ClN4O3. The fraction of sp³-hybridized carbons (Fsp3) is 0.440. The van der Waals surface area contributed by atoms with E-state index >= 15 is 0 Å². The van der Waals surface area contributed by atoms with Crippen molar-refractivity contribution in [3.63, 3.8) is 0 Å². The van der Waals surface area contributed by atoms with Crippen LogP contribution < -0.4 is 10.2 Å². The zero-order valence-corrected chi connectivity index (χ0v) is 19.5. The number of likely N-dealkylation sites (tertiary alicyclic amines) is 2. The Labute approximate surface area is 198 Å². The molecule has 7 nitrogen and oxygen atoms in total. The van der Waals surface area contributed by atoms with Crippen molar-refractivity contribution in [2.75, 3.05) is 42.9 Å². The number of nitrogens with zero attached hydrogens (tertiary/aromatic N) is 3. The van der Waals surface area contributed by atoms with E-state index in [0.717, 1.165) is 32.5 Å². The van der Waals surface area contributed by atoms with E-state index in [9.17, 15) is 14.7 Å². The van der Waals surface area contributed by atoms with Crippen molar-refractivity contribution in [1.29, 1.82) is 0 Å². The molecule has 0 spiro atoms. The van der Waals surface area contributed by atoms with Crippen LogP contribution in [-0.4, -0.2) is 71.5 Å². The maximum atomic E-state index is 13.1. The number of halogens is 1. The molecular weight excluding hydrogens is 440 g/mol. The number of phenolic OH excluding ortho intramolecular Hbond substituents is 1. The molecule has 3 atom stereocenters. The standard InChI is InChI=1S/C25H29ClN4O3/c1-16-3-2-4-19(9-16)29-13-21-11-20(29)14-30(21)24(32)15-28-8-7-17(12-28)25(33)27-18-5-6-23(31)22(26)10-18/h2-6,9-10,17,20-21,31H,7-8,11-15H2,1H3,(H,27,33)/t17-,20+,21+/m1/s1. The van der Waals surface area contributed by atoms with Gasteiger partial charge in [0.2, 0.25) is 11.8 Å². The van der Waals surface area contributed by atoms with Crippen molar-refractivity contribution >= 4 is 34.8 Å². The number of piperazine rings is 1. The van der Waals surface area contributed by atoms with Gasteiger partial charge in [0.25, 0.3) is 0 Å². The zero-order chi connectivity index (χ0) is 23.1. The summed E-state index contributed by atoms with van der Waals surface area (Å²) in [6.45, 7) is 5.44. The maximum absolute atomic E-state index is 13.1. The molecule has 174 valence electrons. The number of anilines is 2. The van der Waals surface area contributed by atoms with Crippen LogP contribution in [0.25, 0.3) is 0 Å². The SMILES string of the molecule is Cc1cccc(N2C[C@@H]3C[C@H]2CN3C(=O)CN2CC[C@@H](C(=O)Nc3ccc(O)c(Cl)c3)C2)c1. The number of amides is 2. The van der Waals surface area contributed by atoms with Gasteiger partial charge < -0.3 is 20.2 Å². The highest BCUT2D eigenvalue weighted by Gasteiger charge is 2.45. The number of hydrogen-bond donors (Lipinski definition) is 2. The monoisotopic (exact) mass is 468 g/mol. The smallest absolute Gasteiger partial charge is 0.237 e. The third-order valence-corrected chi connectivity index (χ3v) is 7.41. The minimum Gasteiger partial charge on any atom is -0.506 e. The topological polar surface area (TPSA) is 76.1 Å². The van der Waals surface area contributed by atoms with Crippen LogP contribution in [0.1, 0.15) is 18.4 Å². The van der Waals surface area contributed by atoms with Crippen LogP contribution in [0.3, 0.4) is 0 Å². The van der Waals surface area contributed by atoms with E-state index in [1.165, 1.54) is 23.4 Å². The molecule has 2 aromatic carbocycles. The number of nitrogens with one attached hydrogen (secondary N) is 1. The van der Waals surface area contributed by atoms with Crippen molar-refractivity contribution in [3.05, 3.63) is 53.1 Å². The Kier molecular flexibility index (Phi) is 5.93. The summed E-state index contributed by atoms with van der Waals surface area (Å²) in [5.74, 6) is -0.103. The Balaban J connectivity index is 1.12. The van der Waals surface area contributed by atoms with Crippen LogP contribution in [0.2, 0.25) is 5.02 Å². The number of carbonyl (C=O) groups excluding carboxylic acids is 2. The fourth-order valence-corrected chi connectivity index (χ4v) is 5.58. The lowest BCUT2D eigenvalue weighted by atomic mass is 10.1. The van der Waals surface area contributed by atoms with Crippen molar-refractivity contribution in [3.8, 4) is 5.75 Å². The molecule has 3 aliphatic heterocycles. The minimum atomic E-state index is -0.169. The first kappa shape index (κ1) is 22.0. The summed E-state index contributed by atoms with van der Waals surface area (Å²) in [5.41, 5.74) is 3.06. The van der Waals surface area contributed by atoms with Gasteiger partial charge >= 0.3 is 0 Å². The molecule has 3 fully saturated rings. The Morgan fingerprint density at radius 2 is 1.97 bits per heavy atom. The van der Waals surface area contributed by atoms with Gasteiger partial charge in [0.05, 0.1) is 23.5 Å². The lowest BCUT2D eigenvalue weighted by Crippen LogP contribution is -2.51. The largest absolute Gasteiger partial charge is 0.506 e. The Morgan fingerprint density at radius 3 is 2.70 bits per heavy atom. The molecule has 3 saturated heterocycles. The highest BCUT2D eigenvalue weighted by Crippen LogP contribution is 2.35. The first-order chi connectivity index (χ1) is 15.9. The number of benzene rings is 2. The van der Waals surface area contributed by atoms with Crippen molar-refractivity contribution < 1.29 is 14.7 Å². The fourth-order valence-electron chi connectivity index (χ4n) is 5.40. The third kappa shape index (κ3) is 4.52. The molecule has 8 heteroatoms. The van der Waals surface area contributed by atoms with Crippen LogP contribution in [0.5, 0.6) is 5.75 Å². The van der Waals surface area contributed by atoms with E-state index in [1.54, 1.807) is 6.07 Å². The van der Waals surface area contributed by atoms with Gasteiger partial charge in [-0.25, -0.2) is 0 Å². The average Bonchev–Trinajstić information content (AvgIpc) is 3.52. The molecule has 5 rings (SSSR count). The van der Waals surface area contributed by atoms with Crippen LogP contribution in [0.15, 0.2) is 42.5 Å². The highest BCUT2D eigenvalue weighted by atomic mass is 35.5. The Bertz CT molecular complexity index is 1080. The lowest BCUT2D eigenvalue weighted by Gasteiger charge is -2.36. The Hall–Kier alpha value is -2.77. The second kappa shape index (κ2) is 8.88.